The Bertz CT molecular complexity index is 421. The van der Waals surface area contributed by atoms with E-state index >= 15 is 0 Å². The Morgan fingerprint density at radius 3 is 2.94 bits per heavy atom. The lowest BCUT2D eigenvalue weighted by Gasteiger charge is -2.14. The summed E-state index contributed by atoms with van der Waals surface area (Å²) in [4.78, 5) is 10.2. The molecule has 0 saturated heterocycles. The Morgan fingerprint density at radius 1 is 1.65 bits per heavy atom. The zero-order chi connectivity index (χ0) is 12.8. The summed E-state index contributed by atoms with van der Waals surface area (Å²) in [6, 6.07) is 3.58. The monoisotopic (exact) mass is 238 g/mol. The quantitative estimate of drug-likeness (QED) is 0.469. The molecule has 0 aromatic heterocycles. The van der Waals surface area contributed by atoms with E-state index in [9.17, 15) is 14.5 Å². The number of nitro benzene ring substituents is 1. The molecule has 0 aliphatic rings. The van der Waals surface area contributed by atoms with E-state index in [0.717, 1.165) is 18.9 Å². The van der Waals surface area contributed by atoms with Crippen molar-refractivity contribution >= 4 is 11.4 Å². The third-order valence-corrected chi connectivity index (χ3v) is 2.36. The molecule has 1 atom stereocenters. The van der Waals surface area contributed by atoms with Gasteiger partial charge in [-0.25, -0.2) is 4.39 Å². The van der Waals surface area contributed by atoms with E-state index in [4.69, 9.17) is 0 Å². The van der Waals surface area contributed by atoms with Gasteiger partial charge in [-0.05, 0) is 31.9 Å². The number of nitrogens with one attached hydrogen (secondary N) is 1. The van der Waals surface area contributed by atoms with Crippen molar-refractivity contribution in [3.05, 3.63) is 46.8 Å². The third-order valence-electron chi connectivity index (χ3n) is 2.36. The largest absolute Gasteiger partial charge is 0.377 e. The van der Waals surface area contributed by atoms with E-state index in [1.807, 2.05) is 6.92 Å². The second-order valence-corrected chi connectivity index (χ2v) is 3.83. The summed E-state index contributed by atoms with van der Waals surface area (Å²) in [5.74, 6) is -0.610. The van der Waals surface area contributed by atoms with Crippen molar-refractivity contribution in [2.45, 2.75) is 25.8 Å². The van der Waals surface area contributed by atoms with E-state index in [-0.39, 0.29) is 11.7 Å². The molecule has 1 N–H and O–H groups in total. The van der Waals surface area contributed by atoms with Crippen LogP contribution in [-0.2, 0) is 0 Å². The van der Waals surface area contributed by atoms with E-state index in [2.05, 4.69) is 11.9 Å². The van der Waals surface area contributed by atoms with Crippen LogP contribution in [0, 0.1) is 15.9 Å². The molecule has 0 heterocycles. The van der Waals surface area contributed by atoms with Gasteiger partial charge >= 0.3 is 0 Å². The van der Waals surface area contributed by atoms with Crippen molar-refractivity contribution in [1.29, 1.82) is 0 Å². The van der Waals surface area contributed by atoms with E-state index < -0.39 is 10.7 Å². The Kier molecular flexibility index (Phi) is 4.63. The average molecular weight is 238 g/mol. The average Bonchev–Trinajstić information content (AvgIpc) is 2.28. The lowest BCUT2D eigenvalue weighted by Crippen LogP contribution is -2.15. The molecule has 0 saturated carbocycles. The molecule has 17 heavy (non-hydrogen) atoms. The molecular formula is C12H15FN2O2. The van der Waals surface area contributed by atoms with Gasteiger partial charge in [-0.1, -0.05) is 6.08 Å². The molecule has 4 nitrogen and oxygen atoms in total. The first-order chi connectivity index (χ1) is 8.04. The smallest absolute Gasteiger partial charge is 0.295 e. The van der Waals surface area contributed by atoms with Crippen molar-refractivity contribution in [1.82, 2.24) is 0 Å². The summed E-state index contributed by atoms with van der Waals surface area (Å²) in [6.45, 7) is 5.52. The van der Waals surface area contributed by atoms with Crippen molar-refractivity contribution in [2.75, 3.05) is 5.32 Å². The number of hydrogen-bond acceptors (Lipinski definition) is 3. The first kappa shape index (κ1) is 13.2. The van der Waals surface area contributed by atoms with Crippen LogP contribution in [0.25, 0.3) is 0 Å². The number of halogens is 1. The van der Waals surface area contributed by atoms with Gasteiger partial charge in [0.2, 0.25) is 0 Å². The lowest BCUT2D eigenvalue weighted by molar-refractivity contribution is -0.384. The van der Waals surface area contributed by atoms with Gasteiger partial charge in [-0.3, -0.25) is 10.1 Å². The van der Waals surface area contributed by atoms with Gasteiger partial charge in [0.25, 0.3) is 5.69 Å². The Balaban J connectivity index is 2.82. The minimum absolute atomic E-state index is 0.0668. The maximum Gasteiger partial charge on any atom is 0.295 e. The summed E-state index contributed by atoms with van der Waals surface area (Å²) in [6.07, 6.45) is 3.43. The van der Waals surface area contributed by atoms with Crippen LogP contribution in [0.15, 0.2) is 30.9 Å². The molecule has 1 rings (SSSR count). The number of benzene rings is 1. The standard InChI is InChI=1S/C12H15FN2O2/c1-3-4-5-9(2)14-11-7-6-10(13)8-12(11)15(16)17/h3,6-9,14H,1,4-5H2,2H3. The zero-order valence-electron chi connectivity index (χ0n) is 9.65. The van der Waals surface area contributed by atoms with E-state index in [1.54, 1.807) is 6.08 Å². The van der Waals surface area contributed by atoms with Crippen LogP contribution in [0.5, 0.6) is 0 Å². The minimum Gasteiger partial charge on any atom is -0.377 e. The molecule has 0 aliphatic carbocycles. The molecule has 1 unspecified atom stereocenters. The van der Waals surface area contributed by atoms with Crippen LogP contribution < -0.4 is 5.32 Å². The predicted octanol–water partition coefficient (Wildman–Crippen LogP) is 3.50. The molecule has 92 valence electrons. The van der Waals surface area contributed by atoms with Crippen LogP contribution in [0.1, 0.15) is 19.8 Å². The van der Waals surface area contributed by atoms with Crippen molar-refractivity contribution in [3.63, 3.8) is 0 Å². The maximum absolute atomic E-state index is 12.9. The molecule has 0 spiro atoms. The van der Waals surface area contributed by atoms with Crippen LogP contribution in [-0.4, -0.2) is 11.0 Å². The van der Waals surface area contributed by atoms with Gasteiger partial charge in [0.15, 0.2) is 0 Å². The van der Waals surface area contributed by atoms with Crippen LogP contribution >= 0.6 is 0 Å². The highest BCUT2D eigenvalue weighted by atomic mass is 19.1. The molecule has 0 fully saturated rings. The second kappa shape index (κ2) is 5.98. The molecule has 0 bridgehead atoms. The van der Waals surface area contributed by atoms with Crippen molar-refractivity contribution in [2.24, 2.45) is 0 Å². The third kappa shape index (κ3) is 3.86. The van der Waals surface area contributed by atoms with Gasteiger partial charge in [-0.2, -0.15) is 0 Å². The first-order valence-electron chi connectivity index (χ1n) is 5.36. The van der Waals surface area contributed by atoms with Gasteiger partial charge in [0.1, 0.15) is 11.5 Å². The maximum atomic E-state index is 12.9. The molecule has 1 aromatic carbocycles. The van der Waals surface area contributed by atoms with Gasteiger partial charge in [0.05, 0.1) is 11.0 Å². The van der Waals surface area contributed by atoms with Crippen LogP contribution in [0.2, 0.25) is 0 Å². The highest BCUT2D eigenvalue weighted by Gasteiger charge is 2.16. The molecule has 5 heteroatoms. The lowest BCUT2D eigenvalue weighted by atomic mass is 10.1. The predicted molar refractivity (Wildman–Crippen MR) is 65.6 cm³/mol. The summed E-state index contributed by atoms with van der Waals surface area (Å²) in [5, 5.41) is 13.7. The molecule has 1 aromatic rings. The molecule has 0 aliphatic heterocycles. The number of allylic oxidation sites excluding steroid dienone is 1. The number of rotatable bonds is 6. The Labute approximate surface area is 99.3 Å². The van der Waals surface area contributed by atoms with E-state index in [0.29, 0.717) is 5.69 Å². The summed E-state index contributed by atoms with van der Waals surface area (Å²) < 4.78 is 12.9. The number of nitro groups is 1. The van der Waals surface area contributed by atoms with Crippen molar-refractivity contribution < 1.29 is 9.31 Å². The topological polar surface area (TPSA) is 55.2 Å². The molecule has 0 amide bonds. The van der Waals surface area contributed by atoms with Crippen molar-refractivity contribution in [3.8, 4) is 0 Å². The summed E-state index contributed by atoms with van der Waals surface area (Å²) in [7, 11) is 0. The zero-order valence-corrected chi connectivity index (χ0v) is 9.65. The second-order valence-electron chi connectivity index (χ2n) is 3.83. The molecular weight excluding hydrogens is 223 g/mol. The van der Waals surface area contributed by atoms with Gasteiger partial charge < -0.3 is 5.32 Å². The fraction of sp³-hybridized carbons (Fsp3) is 0.333. The fourth-order valence-corrected chi connectivity index (χ4v) is 1.48. The number of nitrogens with zero attached hydrogens (tertiary/aromatic N) is 1. The number of anilines is 1. The normalized spacial score (nSPS) is 11.9. The van der Waals surface area contributed by atoms with Crippen LogP contribution in [0.3, 0.4) is 0 Å². The van der Waals surface area contributed by atoms with Crippen LogP contribution in [0.4, 0.5) is 15.8 Å². The highest BCUT2D eigenvalue weighted by molar-refractivity contribution is 5.61. The summed E-state index contributed by atoms with van der Waals surface area (Å²) >= 11 is 0. The fourth-order valence-electron chi connectivity index (χ4n) is 1.48. The van der Waals surface area contributed by atoms with Gasteiger partial charge in [0, 0.05) is 6.04 Å². The first-order valence-corrected chi connectivity index (χ1v) is 5.36. The Hall–Kier alpha value is -1.91. The van der Waals surface area contributed by atoms with Gasteiger partial charge in [-0.15, -0.1) is 6.58 Å². The summed E-state index contributed by atoms with van der Waals surface area (Å²) in [5.41, 5.74) is 0.100. The number of hydrogen-bond donors (Lipinski definition) is 1. The molecule has 0 radical (unpaired) electrons. The highest BCUT2D eigenvalue weighted by Crippen LogP contribution is 2.26. The van der Waals surface area contributed by atoms with E-state index in [1.165, 1.54) is 12.1 Å². The Morgan fingerprint density at radius 2 is 2.35 bits per heavy atom. The minimum atomic E-state index is -0.610. The SMILES string of the molecule is C=CCCC(C)Nc1ccc(F)cc1[N+](=O)[O-].